The Morgan fingerprint density at radius 3 is 2.53 bits per heavy atom. The van der Waals surface area contributed by atoms with E-state index in [4.69, 9.17) is 0 Å². The molecule has 1 rings (SSSR count). The van der Waals surface area contributed by atoms with Crippen LogP contribution in [0.5, 0.6) is 0 Å². The molecule has 0 atom stereocenters. The van der Waals surface area contributed by atoms with Crippen LogP contribution in [-0.2, 0) is 16.6 Å². The van der Waals surface area contributed by atoms with Crippen molar-refractivity contribution in [1.29, 1.82) is 0 Å². The van der Waals surface area contributed by atoms with Gasteiger partial charge in [0.1, 0.15) is 0 Å². The highest BCUT2D eigenvalue weighted by Crippen LogP contribution is 2.16. The summed E-state index contributed by atoms with van der Waals surface area (Å²) in [6.45, 7) is 6.07. The first-order valence-electron chi connectivity index (χ1n) is 5.47. The Morgan fingerprint density at radius 1 is 1.29 bits per heavy atom. The Bertz CT molecular complexity index is 454. The summed E-state index contributed by atoms with van der Waals surface area (Å²) in [6.07, 6.45) is 1.95. The van der Waals surface area contributed by atoms with Crippen molar-refractivity contribution < 1.29 is 8.42 Å². The van der Waals surface area contributed by atoms with Crippen molar-refractivity contribution in [3.8, 4) is 0 Å². The Morgan fingerprint density at radius 2 is 2.00 bits per heavy atom. The molecule has 0 amide bonds. The summed E-state index contributed by atoms with van der Waals surface area (Å²) in [5.74, 6) is 0. The minimum atomic E-state index is -3.05. The summed E-state index contributed by atoms with van der Waals surface area (Å²) in [7, 11) is -3.05. The molecule has 1 aromatic rings. The highest BCUT2D eigenvalue weighted by atomic mass is 32.2. The maximum absolute atomic E-state index is 10.8. The molecule has 0 unspecified atom stereocenters. The zero-order valence-corrected chi connectivity index (χ0v) is 12.0. The number of thiazole rings is 1. The summed E-state index contributed by atoms with van der Waals surface area (Å²) >= 11 is 1.70. The molecule has 2 N–H and O–H groups in total. The summed E-state index contributed by atoms with van der Waals surface area (Å²) in [4.78, 5) is 5.59. The molecule has 0 saturated heterocycles. The van der Waals surface area contributed by atoms with E-state index in [-0.39, 0.29) is 0 Å². The number of sulfonamides is 1. The van der Waals surface area contributed by atoms with Gasteiger partial charge in [-0.05, 0) is 26.8 Å². The van der Waals surface area contributed by atoms with Crippen molar-refractivity contribution in [3.05, 3.63) is 15.6 Å². The molecule has 0 aliphatic rings. The number of aromatic nitrogens is 1. The summed E-state index contributed by atoms with van der Waals surface area (Å²) < 4.78 is 24.0. The standard InChI is InChI=1S/C10H19N3O2S2/c1-8-10(16-9(2)13-8)7-11-5-4-6-12-17(3,14)15/h11-12H,4-7H2,1-3H3. The van der Waals surface area contributed by atoms with Crippen LogP contribution in [0.25, 0.3) is 0 Å². The van der Waals surface area contributed by atoms with Gasteiger partial charge in [-0.2, -0.15) is 0 Å². The van der Waals surface area contributed by atoms with Crippen molar-refractivity contribution in [2.75, 3.05) is 19.3 Å². The predicted octanol–water partition coefficient (Wildman–Crippen LogP) is 0.789. The fraction of sp³-hybridized carbons (Fsp3) is 0.700. The second-order valence-corrected chi connectivity index (χ2v) is 7.06. The van der Waals surface area contributed by atoms with Gasteiger partial charge in [-0.25, -0.2) is 18.1 Å². The number of hydrogen-bond acceptors (Lipinski definition) is 5. The lowest BCUT2D eigenvalue weighted by Crippen LogP contribution is -2.26. The number of aryl methyl sites for hydroxylation is 2. The molecule has 98 valence electrons. The number of nitrogens with one attached hydrogen (secondary N) is 2. The van der Waals surface area contributed by atoms with Crippen LogP contribution in [0.15, 0.2) is 0 Å². The van der Waals surface area contributed by atoms with Gasteiger partial charge in [0, 0.05) is 18.0 Å². The van der Waals surface area contributed by atoms with Crippen molar-refractivity contribution in [2.24, 2.45) is 0 Å². The van der Waals surface area contributed by atoms with Gasteiger partial charge in [0.05, 0.1) is 17.0 Å². The van der Waals surface area contributed by atoms with Crippen LogP contribution in [0.2, 0.25) is 0 Å². The van der Waals surface area contributed by atoms with Crippen molar-refractivity contribution >= 4 is 21.4 Å². The van der Waals surface area contributed by atoms with Crippen LogP contribution < -0.4 is 10.0 Å². The van der Waals surface area contributed by atoms with E-state index in [1.54, 1.807) is 11.3 Å². The molecular formula is C10H19N3O2S2. The molecule has 1 aromatic heterocycles. The zero-order chi connectivity index (χ0) is 12.9. The fourth-order valence-electron chi connectivity index (χ4n) is 1.41. The van der Waals surface area contributed by atoms with Crippen LogP contribution in [0.3, 0.4) is 0 Å². The summed E-state index contributed by atoms with van der Waals surface area (Å²) in [5.41, 5.74) is 1.08. The molecule has 0 aliphatic carbocycles. The molecule has 0 radical (unpaired) electrons. The third-order valence-electron chi connectivity index (χ3n) is 2.18. The number of rotatable bonds is 7. The van der Waals surface area contributed by atoms with Crippen molar-refractivity contribution in [3.63, 3.8) is 0 Å². The topological polar surface area (TPSA) is 71.1 Å². The highest BCUT2D eigenvalue weighted by Gasteiger charge is 2.03. The van der Waals surface area contributed by atoms with E-state index >= 15 is 0 Å². The Labute approximate surface area is 107 Å². The Hall–Kier alpha value is -0.500. The Balaban J connectivity index is 2.15. The molecule has 0 spiro atoms. The second-order valence-electron chi connectivity index (χ2n) is 3.94. The van der Waals surface area contributed by atoms with E-state index in [1.807, 2.05) is 13.8 Å². The maximum atomic E-state index is 10.8. The SMILES string of the molecule is Cc1nc(C)c(CNCCCNS(C)(=O)=O)s1. The third-order valence-corrected chi connectivity index (χ3v) is 3.98. The van der Waals surface area contributed by atoms with E-state index in [0.29, 0.717) is 6.54 Å². The minimum Gasteiger partial charge on any atom is -0.312 e. The van der Waals surface area contributed by atoms with E-state index in [9.17, 15) is 8.42 Å². The molecule has 0 fully saturated rings. The van der Waals surface area contributed by atoms with E-state index in [1.165, 1.54) is 11.1 Å². The van der Waals surface area contributed by atoms with E-state index in [2.05, 4.69) is 15.0 Å². The quantitative estimate of drug-likeness (QED) is 0.723. The normalized spacial score (nSPS) is 11.9. The van der Waals surface area contributed by atoms with Gasteiger partial charge < -0.3 is 5.32 Å². The monoisotopic (exact) mass is 277 g/mol. The lowest BCUT2D eigenvalue weighted by Gasteiger charge is -2.04. The molecule has 0 bridgehead atoms. The van der Waals surface area contributed by atoms with Gasteiger partial charge >= 0.3 is 0 Å². The van der Waals surface area contributed by atoms with Gasteiger partial charge in [-0.15, -0.1) is 11.3 Å². The minimum absolute atomic E-state index is 0.479. The largest absolute Gasteiger partial charge is 0.312 e. The van der Waals surface area contributed by atoms with Crippen molar-refractivity contribution in [2.45, 2.75) is 26.8 Å². The molecule has 0 aromatic carbocycles. The molecule has 17 heavy (non-hydrogen) atoms. The van der Waals surface area contributed by atoms with E-state index < -0.39 is 10.0 Å². The fourth-order valence-corrected chi connectivity index (χ4v) is 2.83. The molecule has 7 heteroatoms. The van der Waals surface area contributed by atoms with Gasteiger partial charge in [-0.3, -0.25) is 0 Å². The first kappa shape index (κ1) is 14.6. The van der Waals surface area contributed by atoms with E-state index in [0.717, 1.165) is 30.2 Å². The Kier molecular flexibility index (Phi) is 5.51. The number of hydrogen-bond donors (Lipinski definition) is 2. The van der Waals surface area contributed by atoms with Crippen LogP contribution >= 0.6 is 11.3 Å². The van der Waals surface area contributed by atoms with Crippen molar-refractivity contribution in [1.82, 2.24) is 15.0 Å². The smallest absolute Gasteiger partial charge is 0.208 e. The molecule has 0 aliphatic heterocycles. The van der Waals surface area contributed by atoms with Crippen LogP contribution in [0.1, 0.15) is 22.0 Å². The third kappa shape index (κ3) is 6.11. The maximum Gasteiger partial charge on any atom is 0.208 e. The first-order chi connectivity index (χ1) is 7.88. The summed E-state index contributed by atoms with van der Waals surface area (Å²) in [6, 6.07) is 0. The zero-order valence-electron chi connectivity index (χ0n) is 10.4. The number of nitrogens with zero attached hydrogens (tertiary/aromatic N) is 1. The van der Waals surface area contributed by atoms with Gasteiger partial charge in [0.2, 0.25) is 10.0 Å². The predicted molar refractivity (Wildman–Crippen MR) is 70.8 cm³/mol. The van der Waals surface area contributed by atoms with Crippen LogP contribution in [0, 0.1) is 13.8 Å². The first-order valence-corrected chi connectivity index (χ1v) is 8.17. The summed E-state index contributed by atoms with van der Waals surface area (Å²) in [5, 5.41) is 4.36. The molecule has 1 heterocycles. The average molecular weight is 277 g/mol. The van der Waals surface area contributed by atoms with Gasteiger partial charge in [-0.1, -0.05) is 0 Å². The van der Waals surface area contributed by atoms with Gasteiger partial charge in [0.15, 0.2) is 0 Å². The molecular weight excluding hydrogens is 258 g/mol. The van der Waals surface area contributed by atoms with Crippen LogP contribution in [-0.4, -0.2) is 32.7 Å². The van der Waals surface area contributed by atoms with Crippen LogP contribution in [0.4, 0.5) is 0 Å². The highest BCUT2D eigenvalue weighted by molar-refractivity contribution is 7.88. The lowest BCUT2D eigenvalue weighted by atomic mass is 10.3. The lowest BCUT2D eigenvalue weighted by molar-refractivity contribution is 0.579. The van der Waals surface area contributed by atoms with Gasteiger partial charge in [0.25, 0.3) is 0 Å². The second kappa shape index (κ2) is 6.44. The molecule has 5 nitrogen and oxygen atoms in total. The average Bonchev–Trinajstić information content (AvgIpc) is 2.49. The molecule has 0 saturated carbocycles.